The molecular weight excluding hydrogens is 917 g/mol. The highest BCUT2D eigenvalue weighted by molar-refractivity contribution is 6.39. The Bertz CT molecular complexity index is 3320. The van der Waals surface area contributed by atoms with E-state index in [0.29, 0.717) is 47.3 Å². The lowest BCUT2D eigenvalue weighted by molar-refractivity contribution is 0.830. The number of fused-ring (bicyclic) bond motifs is 11. The summed E-state index contributed by atoms with van der Waals surface area (Å²) >= 11 is 0. The maximum atomic E-state index is 2.56. The number of hydrogen-bond donors (Lipinski definition) is 0. The normalized spacial score (nSPS) is 12.4. The first-order valence-electron chi connectivity index (χ1n) is 28.7. The van der Waals surface area contributed by atoms with E-state index in [0.717, 1.165) is 0 Å². The zero-order valence-electron chi connectivity index (χ0n) is 48.5. The van der Waals surface area contributed by atoms with E-state index in [-0.39, 0.29) is 0 Å². The molecule has 388 valence electrons. The molecule has 10 rings (SSSR count). The molecule has 2 heteroatoms. The molecule has 2 nitrogen and oxygen atoms in total. The summed E-state index contributed by atoms with van der Waals surface area (Å²) in [6.07, 6.45) is 0. The van der Waals surface area contributed by atoms with Crippen molar-refractivity contribution in [2.75, 3.05) is 9.80 Å². The number of nitrogens with zero attached hydrogens (tertiary/aromatic N) is 2. The van der Waals surface area contributed by atoms with E-state index in [1.165, 1.54) is 132 Å². The third-order valence-electron chi connectivity index (χ3n) is 16.5. The van der Waals surface area contributed by atoms with Gasteiger partial charge in [0.2, 0.25) is 0 Å². The fraction of sp³-hybridized carbons (Fsp3) is 0.324. The first-order valence-corrected chi connectivity index (χ1v) is 28.7. The van der Waals surface area contributed by atoms with Crippen LogP contribution in [0.5, 0.6) is 0 Å². The van der Waals surface area contributed by atoms with Gasteiger partial charge < -0.3 is 9.80 Å². The van der Waals surface area contributed by atoms with Crippen LogP contribution in [-0.2, 0) is 0 Å². The molecule has 0 aliphatic rings. The molecule has 10 aromatic carbocycles. The molecule has 0 heterocycles. The van der Waals surface area contributed by atoms with Gasteiger partial charge in [0.05, 0.1) is 0 Å². The second-order valence-corrected chi connectivity index (χ2v) is 24.6. The van der Waals surface area contributed by atoms with Crippen LogP contribution < -0.4 is 9.80 Å². The highest BCUT2D eigenvalue weighted by atomic mass is 15.1. The Labute approximate surface area is 455 Å². The summed E-state index contributed by atoms with van der Waals surface area (Å²) in [6, 6.07) is 62.3. The van der Waals surface area contributed by atoms with Gasteiger partial charge in [0.1, 0.15) is 0 Å². The predicted molar refractivity (Wildman–Crippen MR) is 336 cm³/mol. The molecule has 76 heavy (non-hydrogen) atoms. The number of anilines is 6. The summed E-state index contributed by atoms with van der Waals surface area (Å²) in [5, 5.41) is 12.8. The van der Waals surface area contributed by atoms with Crippen LogP contribution in [0.2, 0.25) is 0 Å². The maximum Gasteiger partial charge on any atom is 0.0468 e. The van der Waals surface area contributed by atoms with E-state index in [4.69, 9.17) is 0 Å². The smallest absolute Gasteiger partial charge is 0.0468 e. The molecule has 0 radical (unpaired) electrons. The lowest BCUT2D eigenvalue weighted by Gasteiger charge is -2.30. The highest BCUT2D eigenvalue weighted by Crippen LogP contribution is 2.49. The lowest BCUT2D eigenvalue weighted by atomic mass is 9.86. The Balaban J connectivity index is 1.27. The first-order chi connectivity index (χ1) is 36.3. The van der Waals surface area contributed by atoms with Crippen LogP contribution >= 0.6 is 0 Å². The van der Waals surface area contributed by atoms with Gasteiger partial charge >= 0.3 is 0 Å². The van der Waals surface area contributed by atoms with Crippen molar-refractivity contribution in [3.8, 4) is 0 Å². The van der Waals surface area contributed by atoms with Crippen LogP contribution in [-0.4, -0.2) is 0 Å². The monoisotopic (exact) mass is 999 g/mol. The summed E-state index contributed by atoms with van der Waals surface area (Å²) in [6.45, 7) is 37.2. The van der Waals surface area contributed by atoms with Crippen molar-refractivity contribution in [2.45, 2.75) is 158 Å². The largest absolute Gasteiger partial charge is 0.310 e. The molecule has 0 saturated carbocycles. The maximum absolute atomic E-state index is 2.56. The van der Waals surface area contributed by atoms with Crippen LogP contribution in [0.1, 0.15) is 203 Å². The Morgan fingerprint density at radius 2 is 0.408 bits per heavy atom. The Morgan fingerprint density at radius 1 is 0.197 bits per heavy atom. The van der Waals surface area contributed by atoms with Crippen LogP contribution in [0.4, 0.5) is 34.1 Å². The molecule has 0 fully saturated rings. The molecule has 0 saturated heterocycles. The Hall–Kier alpha value is -6.90. The van der Waals surface area contributed by atoms with E-state index in [1.54, 1.807) is 0 Å². The summed E-state index contributed by atoms with van der Waals surface area (Å²) in [4.78, 5) is 5.11. The van der Waals surface area contributed by atoms with Gasteiger partial charge in [-0.3, -0.25) is 0 Å². The van der Waals surface area contributed by atoms with Gasteiger partial charge in [0.15, 0.2) is 0 Å². The standard InChI is InChI=1S/C74H82N2/c1-43(2)51-29-52(44(3)4)34-61(33-51)75(62-35-53(45(5)6)30-54(36-62)46(7)8)59-25-27-69-71(41-59)65-21-17-19-23-67(65)74-70-28-26-60(42-72(70)66-22-18-20-24-68(66)73(69)74)76(63-37-55(47(9)10)31-56(38-63)48(11)12)64-39-57(49(13)14)32-58(40-64)50(15)16/h17-50H,1-16H3. The second-order valence-electron chi connectivity index (χ2n) is 24.6. The quantitative estimate of drug-likeness (QED) is 0.100. The molecule has 0 aliphatic heterocycles. The average molecular weight is 999 g/mol. The Kier molecular flexibility index (Phi) is 14.5. The van der Waals surface area contributed by atoms with Gasteiger partial charge in [-0.15, -0.1) is 0 Å². The number of hydrogen-bond acceptors (Lipinski definition) is 2. The van der Waals surface area contributed by atoms with E-state index in [2.05, 4.69) is 278 Å². The highest BCUT2D eigenvalue weighted by Gasteiger charge is 2.24. The predicted octanol–water partition coefficient (Wildman–Crippen LogP) is 23.4. The summed E-state index contributed by atoms with van der Waals surface area (Å²) in [7, 11) is 0. The summed E-state index contributed by atoms with van der Waals surface area (Å²) in [5.74, 6) is 3.14. The van der Waals surface area contributed by atoms with E-state index >= 15 is 0 Å². The van der Waals surface area contributed by atoms with Crippen molar-refractivity contribution < 1.29 is 0 Å². The fourth-order valence-corrected chi connectivity index (χ4v) is 11.6. The van der Waals surface area contributed by atoms with Crippen LogP contribution in [0, 0.1) is 0 Å². The minimum absolute atomic E-state index is 0.393. The van der Waals surface area contributed by atoms with E-state index in [9.17, 15) is 0 Å². The van der Waals surface area contributed by atoms with Gasteiger partial charge in [-0.1, -0.05) is 196 Å². The van der Waals surface area contributed by atoms with Crippen LogP contribution in [0.3, 0.4) is 0 Å². The average Bonchev–Trinajstić information content (AvgIpc) is 3.40. The van der Waals surface area contributed by atoms with Crippen molar-refractivity contribution in [3.63, 3.8) is 0 Å². The van der Waals surface area contributed by atoms with Gasteiger partial charge in [-0.25, -0.2) is 0 Å². The molecule has 10 aromatic rings. The molecule has 0 aliphatic carbocycles. The first kappa shape index (κ1) is 52.5. The summed E-state index contributed by atoms with van der Waals surface area (Å²) in [5.41, 5.74) is 18.1. The van der Waals surface area contributed by atoms with Crippen LogP contribution in [0.15, 0.2) is 158 Å². The van der Waals surface area contributed by atoms with Crippen LogP contribution in [0.25, 0.3) is 53.9 Å². The van der Waals surface area contributed by atoms with Crippen molar-refractivity contribution in [1.82, 2.24) is 0 Å². The fourth-order valence-electron chi connectivity index (χ4n) is 11.6. The molecule has 0 bridgehead atoms. The molecule has 0 N–H and O–H groups in total. The minimum atomic E-state index is 0.393. The zero-order valence-corrected chi connectivity index (χ0v) is 48.5. The van der Waals surface area contributed by atoms with Gasteiger partial charge in [-0.05, 0) is 219 Å². The Morgan fingerprint density at radius 3 is 0.632 bits per heavy atom. The topological polar surface area (TPSA) is 6.48 Å². The van der Waals surface area contributed by atoms with E-state index in [1.807, 2.05) is 0 Å². The number of benzene rings is 10. The SMILES string of the molecule is CC(C)c1cc(C(C)C)cc(N(c2cc(C(C)C)cc(C(C)C)c2)c2ccc3c(c2)c2ccccc2c2c4ccc(N(c5cc(C(C)C)cc(C(C)C)c5)c5cc(C(C)C)cc(C(C)C)c5)cc4c4ccccc4c32)c1. The third kappa shape index (κ3) is 9.78. The van der Waals surface area contributed by atoms with E-state index < -0.39 is 0 Å². The van der Waals surface area contributed by atoms with Crippen molar-refractivity contribution in [2.24, 2.45) is 0 Å². The molecular formula is C74H82N2. The molecule has 0 aromatic heterocycles. The molecule has 0 atom stereocenters. The summed E-state index contributed by atoms with van der Waals surface area (Å²) < 4.78 is 0. The van der Waals surface area contributed by atoms with Gasteiger partial charge in [-0.2, -0.15) is 0 Å². The second kappa shape index (κ2) is 20.9. The lowest BCUT2D eigenvalue weighted by Crippen LogP contribution is -2.13. The molecule has 0 unspecified atom stereocenters. The number of rotatable bonds is 14. The van der Waals surface area contributed by atoms with Crippen molar-refractivity contribution in [3.05, 3.63) is 202 Å². The van der Waals surface area contributed by atoms with Crippen molar-refractivity contribution >= 4 is 88.0 Å². The zero-order chi connectivity index (χ0) is 54.0. The van der Waals surface area contributed by atoms with Crippen molar-refractivity contribution in [1.29, 1.82) is 0 Å². The van der Waals surface area contributed by atoms with Gasteiger partial charge in [0, 0.05) is 34.1 Å². The van der Waals surface area contributed by atoms with Gasteiger partial charge in [0.25, 0.3) is 0 Å². The minimum Gasteiger partial charge on any atom is -0.310 e. The molecule has 0 amide bonds. The third-order valence-corrected chi connectivity index (χ3v) is 16.5. The molecule has 0 spiro atoms.